The Hall–Kier alpha value is -0.120. The van der Waals surface area contributed by atoms with Crippen molar-refractivity contribution in [2.75, 3.05) is 53.4 Å². The van der Waals surface area contributed by atoms with Gasteiger partial charge in [0.1, 0.15) is 0 Å². The van der Waals surface area contributed by atoms with Gasteiger partial charge in [0.25, 0.3) is 0 Å². The van der Waals surface area contributed by atoms with E-state index in [4.69, 9.17) is 0 Å². The molecule has 0 amide bonds. The molecule has 1 heterocycles. The molecule has 3 nitrogen and oxygen atoms in total. The predicted octanol–water partition coefficient (Wildman–Crippen LogP) is 1.65. The van der Waals surface area contributed by atoms with Crippen molar-refractivity contribution in [2.45, 2.75) is 33.1 Å². The van der Waals surface area contributed by atoms with Crippen molar-refractivity contribution in [2.24, 2.45) is 5.41 Å². The minimum Gasteiger partial charge on any atom is -0.317 e. The van der Waals surface area contributed by atoms with Gasteiger partial charge in [-0.1, -0.05) is 13.8 Å². The zero-order valence-corrected chi connectivity index (χ0v) is 12.3. The van der Waals surface area contributed by atoms with Gasteiger partial charge in [0, 0.05) is 6.54 Å². The zero-order valence-electron chi connectivity index (χ0n) is 12.3. The quantitative estimate of drug-likeness (QED) is 0.731. The van der Waals surface area contributed by atoms with Crippen LogP contribution in [0.15, 0.2) is 0 Å². The molecule has 17 heavy (non-hydrogen) atoms. The van der Waals surface area contributed by atoms with Gasteiger partial charge >= 0.3 is 0 Å². The molecule has 0 spiro atoms. The van der Waals surface area contributed by atoms with Gasteiger partial charge in [0.15, 0.2) is 0 Å². The van der Waals surface area contributed by atoms with Gasteiger partial charge in [0.05, 0.1) is 0 Å². The van der Waals surface area contributed by atoms with Crippen LogP contribution in [-0.2, 0) is 0 Å². The summed E-state index contributed by atoms with van der Waals surface area (Å²) in [5.74, 6) is 0. The first-order chi connectivity index (χ1) is 8.06. The fraction of sp³-hybridized carbons (Fsp3) is 1.00. The molecule has 1 saturated heterocycles. The van der Waals surface area contributed by atoms with Crippen LogP contribution < -0.4 is 5.32 Å². The summed E-state index contributed by atoms with van der Waals surface area (Å²) >= 11 is 0. The first-order valence-electron chi connectivity index (χ1n) is 7.13. The van der Waals surface area contributed by atoms with Crippen molar-refractivity contribution in [3.05, 3.63) is 0 Å². The van der Waals surface area contributed by atoms with Gasteiger partial charge in [-0.05, 0) is 71.5 Å². The Morgan fingerprint density at radius 2 is 1.76 bits per heavy atom. The molecule has 0 aliphatic carbocycles. The molecule has 1 aliphatic rings. The van der Waals surface area contributed by atoms with Crippen molar-refractivity contribution >= 4 is 0 Å². The Kier molecular flexibility index (Phi) is 6.45. The number of rotatable bonds is 7. The van der Waals surface area contributed by atoms with E-state index in [1.807, 2.05) is 0 Å². The van der Waals surface area contributed by atoms with E-state index in [9.17, 15) is 0 Å². The van der Waals surface area contributed by atoms with E-state index in [0.717, 1.165) is 0 Å². The van der Waals surface area contributed by atoms with E-state index >= 15 is 0 Å². The maximum Gasteiger partial charge on any atom is 0.00362 e. The van der Waals surface area contributed by atoms with E-state index in [1.54, 1.807) is 0 Å². The molecule has 0 atom stereocenters. The van der Waals surface area contributed by atoms with Gasteiger partial charge in [-0.2, -0.15) is 0 Å². The second-order valence-electron chi connectivity index (χ2n) is 6.09. The number of nitrogens with zero attached hydrogens (tertiary/aromatic N) is 2. The Balaban J connectivity index is 2.29. The minimum absolute atomic E-state index is 0.541. The third-order valence-electron chi connectivity index (χ3n) is 3.94. The number of hydrogen-bond acceptors (Lipinski definition) is 3. The van der Waals surface area contributed by atoms with Crippen molar-refractivity contribution < 1.29 is 0 Å². The van der Waals surface area contributed by atoms with Gasteiger partial charge < -0.3 is 15.1 Å². The summed E-state index contributed by atoms with van der Waals surface area (Å²) in [4.78, 5) is 4.91. The number of piperidine rings is 1. The lowest BCUT2D eigenvalue weighted by atomic mass is 9.80. The summed E-state index contributed by atoms with van der Waals surface area (Å²) in [5, 5.41) is 3.46. The molecular formula is C14H31N3. The zero-order chi connectivity index (χ0) is 12.7. The van der Waals surface area contributed by atoms with Gasteiger partial charge in [-0.25, -0.2) is 0 Å². The molecule has 0 bridgehead atoms. The third kappa shape index (κ3) is 5.84. The van der Waals surface area contributed by atoms with Crippen LogP contribution in [0.25, 0.3) is 0 Å². The molecule has 1 rings (SSSR count). The summed E-state index contributed by atoms with van der Waals surface area (Å²) in [7, 11) is 4.31. The molecule has 0 unspecified atom stereocenters. The van der Waals surface area contributed by atoms with Crippen LogP contribution in [0.2, 0.25) is 0 Å². The lowest BCUT2D eigenvalue weighted by Crippen LogP contribution is -2.43. The third-order valence-corrected chi connectivity index (χ3v) is 3.94. The molecule has 0 radical (unpaired) electrons. The summed E-state index contributed by atoms with van der Waals surface area (Å²) < 4.78 is 0. The smallest absolute Gasteiger partial charge is 0.00362 e. The molecular weight excluding hydrogens is 210 g/mol. The molecule has 0 aromatic carbocycles. The number of nitrogens with one attached hydrogen (secondary N) is 1. The van der Waals surface area contributed by atoms with Crippen molar-refractivity contribution in [1.29, 1.82) is 0 Å². The Morgan fingerprint density at radius 1 is 1.12 bits per heavy atom. The number of hydrogen-bond donors (Lipinski definition) is 1. The van der Waals surface area contributed by atoms with E-state index < -0.39 is 0 Å². The molecule has 0 saturated carbocycles. The highest BCUT2D eigenvalue weighted by molar-refractivity contribution is 4.83. The van der Waals surface area contributed by atoms with Crippen LogP contribution in [0.1, 0.15) is 33.1 Å². The van der Waals surface area contributed by atoms with Crippen molar-refractivity contribution in [3.63, 3.8) is 0 Å². The highest BCUT2D eigenvalue weighted by Crippen LogP contribution is 2.28. The first kappa shape index (κ1) is 14.9. The fourth-order valence-electron chi connectivity index (χ4n) is 2.69. The summed E-state index contributed by atoms with van der Waals surface area (Å²) in [5.41, 5.74) is 0.541. The largest absolute Gasteiger partial charge is 0.317 e. The molecule has 0 aromatic heterocycles. The second-order valence-corrected chi connectivity index (χ2v) is 6.09. The SMILES string of the molecule is CCN(CCCN(C)C)CC1(C)CCNCC1. The molecule has 1 N–H and O–H groups in total. The second kappa shape index (κ2) is 7.34. The monoisotopic (exact) mass is 241 g/mol. The minimum atomic E-state index is 0.541. The van der Waals surface area contributed by atoms with Crippen molar-refractivity contribution in [3.8, 4) is 0 Å². The lowest BCUT2D eigenvalue weighted by Gasteiger charge is -2.38. The summed E-state index contributed by atoms with van der Waals surface area (Å²) in [6.45, 7) is 12.1. The van der Waals surface area contributed by atoms with E-state index in [1.165, 1.54) is 58.5 Å². The van der Waals surface area contributed by atoms with E-state index in [2.05, 4.69) is 43.1 Å². The molecule has 3 heteroatoms. The normalized spacial score (nSPS) is 20.1. The lowest BCUT2D eigenvalue weighted by molar-refractivity contribution is 0.129. The molecule has 1 fully saturated rings. The van der Waals surface area contributed by atoms with Gasteiger partial charge in [-0.3, -0.25) is 0 Å². The van der Waals surface area contributed by atoms with Crippen LogP contribution in [0.3, 0.4) is 0 Å². The molecule has 102 valence electrons. The molecule has 0 aromatic rings. The predicted molar refractivity (Wildman–Crippen MR) is 75.5 cm³/mol. The van der Waals surface area contributed by atoms with Crippen LogP contribution >= 0.6 is 0 Å². The summed E-state index contributed by atoms with van der Waals surface area (Å²) in [6, 6.07) is 0. The Bertz CT molecular complexity index is 198. The maximum atomic E-state index is 3.46. The fourth-order valence-corrected chi connectivity index (χ4v) is 2.69. The topological polar surface area (TPSA) is 18.5 Å². The summed E-state index contributed by atoms with van der Waals surface area (Å²) in [6.07, 6.45) is 3.95. The Labute approximate surface area is 108 Å². The molecule has 1 aliphatic heterocycles. The average molecular weight is 241 g/mol. The van der Waals surface area contributed by atoms with Crippen LogP contribution in [-0.4, -0.2) is 63.2 Å². The Morgan fingerprint density at radius 3 is 2.29 bits per heavy atom. The van der Waals surface area contributed by atoms with E-state index in [0.29, 0.717) is 5.41 Å². The highest BCUT2D eigenvalue weighted by Gasteiger charge is 2.28. The maximum absolute atomic E-state index is 3.46. The van der Waals surface area contributed by atoms with Crippen molar-refractivity contribution in [1.82, 2.24) is 15.1 Å². The first-order valence-corrected chi connectivity index (χ1v) is 7.13. The standard InChI is InChI=1S/C14H31N3/c1-5-17(12-6-11-16(3)4)13-14(2)7-9-15-10-8-14/h15H,5-13H2,1-4H3. The average Bonchev–Trinajstić information content (AvgIpc) is 2.28. The van der Waals surface area contributed by atoms with Gasteiger partial charge in [0.2, 0.25) is 0 Å². The van der Waals surface area contributed by atoms with Crippen LogP contribution in [0.5, 0.6) is 0 Å². The van der Waals surface area contributed by atoms with Crippen LogP contribution in [0.4, 0.5) is 0 Å². The van der Waals surface area contributed by atoms with Gasteiger partial charge in [-0.15, -0.1) is 0 Å². The van der Waals surface area contributed by atoms with Crippen LogP contribution in [0, 0.1) is 5.41 Å². The highest BCUT2D eigenvalue weighted by atomic mass is 15.1. The van der Waals surface area contributed by atoms with E-state index in [-0.39, 0.29) is 0 Å².